The SMILES string of the molecule is CCC(CC)CC(NN)c1csnn1. The molecular weight excluding hydrogens is 196 g/mol. The van der Waals surface area contributed by atoms with Crippen molar-refractivity contribution in [2.75, 3.05) is 0 Å². The summed E-state index contributed by atoms with van der Waals surface area (Å²) in [5, 5.41) is 5.99. The normalized spacial score (nSPS) is 13.4. The quantitative estimate of drug-likeness (QED) is 0.560. The molecule has 0 saturated heterocycles. The van der Waals surface area contributed by atoms with E-state index in [1.165, 1.54) is 24.4 Å². The molecule has 0 amide bonds. The van der Waals surface area contributed by atoms with Gasteiger partial charge >= 0.3 is 0 Å². The molecule has 1 heterocycles. The van der Waals surface area contributed by atoms with Crippen LogP contribution in [0.1, 0.15) is 44.8 Å². The number of nitrogens with two attached hydrogens (primary N) is 1. The summed E-state index contributed by atoms with van der Waals surface area (Å²) in [7, 11) is 0. The lowest BCUT2D eigenvalue weighted by atomic mass is 9.94. The lowest BCUT2D eigenvalue weighted by Gasteiger charge is -2.19. The molecule has 0 aromatic carbocycles. The zero-order valence-corrected chi connectivity index (χ0v) is 9.55. The molecule has 0 aliphatic carbocycles. The number of nitrogens with zero attached hydrogens (tertiary/aromatic N) is 2. The first-order chi connectivity index (χ1) is 6.81. The second-order valence-corrected chi connectivity index (χ2v) is 4.08. The van der Waals surface area contributed by atoms with E-state index in [0.717, 1.165) is 12.1 Å². The first-order valence-corrected chi connectivity index (χ1v) is 5.88. The molecule has 14 heavy (non-hydrogen) atoms. The molecule has 1 aromatic rings. The van der Waals surface area contributed by atoms with Crippen LogP contribution in [0.3, 0.4) is 0 Å². The summed E-state index contributed by atoms with van der Waals surface area (Å²) in [5.41, 5.74) is 3.77. The van der Waals surface area contributed by atoms with Gasteiger partial charge in [0.2, 0.25) is 0 Å². The molecule has 5 heteroatoms. The van der Waals surface area contributed by atoms with Gasteiger partial charge in [-0.2, -0.15) is 0 Å². The smallest absolute Gasteiger partial charge is 0.0938 e. The van der Waals surface area contributed by atoms with Gasteiger partial charge in [0.1, 0.15) is 0 Å². The maximum absolute atomic E-state index is 5.51. The van der Waals surface area contributed by atoms with Gasteiger partial charge in [-0.15, -0.1) is 5.10 Å². The highest BCUT2D eigenvalue weighted by Gasteiger charge is 2.16. The van der Waals surface area contributed by atoms with Gasteiger partial charge < -0.3 is 0 Å². The highest BCUT2D eigenvalue weighted by atomic mass is 32.1. The molecule has 0 aliphatic rings. The highest BCUT2D eigenvalue weighted by molar-refractivity contribution is 7.03. The maximum Gasteiger partial charge on any atom is 0.0938 e. The fourth-order valence-corrected chi connectivity index (χ4v) is 2.06. The van der Waals surface area contributed by atoms with E-state index in [1.807, 2.05) is 5.38 Å². The van der Waals surface area contributed by atoms with Gasteiger partial charge in [-0.05, 0) is 23.9 Å². The zero-order chi connectivity index (χ0) is 10.4. The molecular formula is C9H18N4S. The van der Waals surface area contributed by atoms with Gasteiger partial charge in [0.25, 0.3) is 0 Å². The minimum atomic E-state index is 0.152. The summed E-state index contributed by atoms with van der Waals surface area (Å²) in [6.07, 6.45) is 3.41. The average molecular weight is 214 g/mol. The molecule has 0 radical (unpaired) electrons. The van der Waals surface area contributed by atoms with Crippen molar-refractivity contribution < 1.29 is 0 Å². The Morgan fingerprint density at radius 1 is 1.50 bits per heavy atom. The fourth-order valence-electron chi connectivity index (χ4n) is 1.55. The third-order valence-electron chi connectivity index (χ3n) is 2.66. The summed E-state index contributed by atoms with van der Waals surface area (Å²) in [6, 6.07) is 0.152. The van der Waals surface area contributed by atoms with Crippen molar-refractivity contribution in [1.29, 1.82) is 0 Å². The molecule has 0 bridgehead atoms. The first-order valence-electron chi connectivity index (χ1n) is 5.04. The summed E-state index contributed by atoms with van der Waals surface area (Å²) < 4.78 is 3.85. The predicted octanol–water partition coefficient (Wildman–Crippen LogP) is 1.87. The number of nitrogens with one attached hydrogen (secondary N) is 1. The minimum absolute atomic E-state index is 0.152. The van der Waals surface area contributed by atoms with Gasteiger partial charge in [-0.25, -0.2) is 0 Å². The van der Waals surface area contributed by atoms with Crippen molar-refractivity contribution in [2.45, 2.75) is 39.2 Å². The van der Waals surface area contributed by atoms with Crippen LogP contribution in [0.4, 0.5) is 0 Å². The Balaban J connectivity index is 2.55. The van der Waals surface area contributed by atoms with Crippen LogP contribution in [-0.2, 0) is 0 Å². The Labute approximate surface area is 89.0 Å². The number of rotatable bonds is 6. The summed E-state index contributed by atoms with van der Waals surface area (Å²) in [5.74, 6) is 6.21. The van der Waals surface area contributed by atoms with E-state index in [9.17, 15) is 0 Å². The summed E-state index contributed by atoms with van der Waals surface area (Å²) >= 11 is 1.37. The van der Waals surface area contributed by atoms with Crippen molar-refractivity contribution >= 4 is 11.5 Å². The molecule has 4 nitrogen and oxygen atoms in total. The Morgan fingerprint density at radius 3 is 2.64 bits per heavy atom. The molecule has 0 aliphatic heterocycles. The minimum Gasteiger partial charge on any atom is -0.271 e. The first kappa shape index (κ1) is 11.6. The van der Waals surface area contributed by atoms with E-state index < -0.39 is 0 Å². The van der Waals surface area contributed by atoms with E-state index in [1.54, 1.807) is 0 Å². The van der Waals surface area contributed by atoms with E-state index >= 15 is 0 Å². The van der Waals surface area contributed by atoms with E-state index in [4.69, 9.17) is 5.84 Å². The van der Waals surface area contributed by atoms with Crippen LogP contribution in [0.25, 0.3) is 0 Å². The molecule has 1 unspecified atom stereocenters. The topological polar surface area (TPSA) is 63.8 Å². The Bertz CT molecular complexity index is 233. The average Bonchev–Trinajstić information content (AvgIpc) is 2.73. The van der Waals surface area contributed by atoms with Gasteiger partial charge in [-0.1, -0.05) is 31.2 Å². The molecule has 0 spiro atoms. The molecule has 0 fully saturated rings. The van der Waals surface area contributed by atoms with Gasteiger partial charge in [-0.3, -0.25) is 11.3 Å². The zero-order valence-electron chi connectivity index (χ0n) is 8.73. The van der Waals surface area contributed by atoms with Crippen molar-refractivity contribution in [1.82, 2.24) is 15.0 Å². The highest BCUT2D eigenvalue weighted by Crippen LogP contribution is 2.23. The fraction of sp³-hybridized carbons (Fsp3) is 0.778. The molecule has 80 valence electrons. The number of hydrogen-bond donors (Lipinski definition) is 2. The third-order valence-corrected chi connectivity index (χ3v) is 3.18. The maximum atomic E-state index is 5.51. The van der Waals surface area contributed by atoms with Gasteiger partial charge in [0, 0.05) is 5.38 Å². The lowest BCUT2D eigenvalue weighted by molar-refractivity contribution is 0.370. The number of aromatic nitrogens is 2. The third kappa shape index (κ3) is 3.01. The van der Waals surface area contributed by atoms with Crippen LogP contribution in [0.5, 0.6) is 0 Å². The van der Waals surface area contributed by atoms with E-state index in [2.05, 4.69) is 28.9 Å². The summed E-state index contributed by atoms with van der Waals surface area (Å²) in [6.45, 7) is 4.42. The molecule has 1 atom stereocenters. The largest absolute Gasteiger partial charge is 0.271 e. The van der Waals surface area contributed by atoms with Gasteiger partial charge in [0.15, 0.2) is 0 Å². The standard InChI is InChI=1S/C9H18N4S/c1-3-7(4-2)5-8(11-10)9-6-14-13-12-9/h6-8,11H,3-5,10H2,1-2H3. The second-order valence-electron chi connectivity index (χ2n) is 3.47. The van der Waals surface area contributed by atoms with Crippen molar-refractivity contribution in [3.05, 3.63) is 11.1 Å². The van der Waals surface area contributed by atoms with Crippen molar-refractivity contribution in [3.63, 3.8) is 0 Å². The number of hydrogen-bond acceptors (Lipinski definition) is 5. The Kier molecular flexibility index (Phi) is 5.00. The van der Waals surface area contributed by atoms with E-state index in [0.29, 0.717) is 5.92 Å². The van der Waals surface area contributed by atoms with Gasteiger partial charge in [0.05, 0.1) is 11.7 Å². The van der Waals surface area contributed by atoms with E-state index in [-0.39, 0.29) is 6.04 Å². The molecule has 1 rings (SSSR count). The second kappa shape index (κ2) is 6.06. The lowest BCUT2D eigenvalue weighted by Crippen LogP contribution is -2.29. The van der Waals surface area contributed by atoms with Crippen LogP contribution in [-0.4, -0.2) is 9.59 Å². The number of hydrazine groups is 1. The Hall–Kier alpha value is -0.520. The predicted molar refractivity (Wildman–Crippen MR) is 58.7 cm³/mol. The monoisotopic (exact) mass is 214 g/mol. The van der Waals surface area contributed by atoms with Crippen LogP contribution < -0.4 is 11.3 Å². The Morgan fingerprint density at radius 2 is 2.21 bits per heavy atom. The molecule has 1 aromatic heterocycles. The van der Waals surface area contributed by atoms with Crippen LogP contribution in [0.2, 0.25) is 0 Å². The van der Waals surface area contributed by atoms with Crippen LogP contribution >= 0.6 is 11.5 Å². The molecule has 3 N–H and O–H groups in total. The van der Waals surface area contributed by atoms with Crippen molar-refractivity contribution in [3.8, 4) is 0 Å². The van der Waals surface area contributed by atoms with Crippen molar-refractivity contribution in [2.24, 2.45) is 11.8 Å². The van der Waals surface area contributed by atoms with Crippen LogP contribution in [0.15, 0.2) is 5.38 Å². The van der Waals surface area contributed by atoms with Crippen LogP contribution in [0, 0.1) is 5.92 Å². The molecule has 0 saturated carbocycles. The summed E-state index contributed by atoms with van der Waals surface area (Å²) in [4.78, 5) is 0.